The highest BCUT2D eigenvalue weighted by Gasteiger charge is 2.10. The lowest BCUT2D eigenvalue weighted by Crippen LogP contribution is -2.34. The van der Waals surface area contributed by atoms with Crippen molar-refractivity contribution in [3.63, 3.8) is 0 Å². The van der Waals surface area contributed by atoms with E-state index in [0.717, 1.165) is 0 Å². The molecule has 1 aromatic rings. The summed E-state index contributed by atoms with van der Waals surface area (Å²) in [6, 6.07) is 10.4. The van der Waals surface area contributed by atoms with Crippen LogP contribution in [0, 0.1) is 0 Å². The van der Waals surface area contributed by atoms with Crippen molar-refractivity contribution in [2.75, 3.05) is 13.2 Å². The van der Waals surface area contributed by atoms with Crippen LogP contribution in [-0.4, -0.2) is 29.5 Å². The van der Waals surface area contributed by atoms with E-state index in [1.165, 1.54) is 5.56 Å². The lowest BCUT2D eigenvalue weighted by Gasteiger charge is -2.21. The first-order chi connectivity index (χ1) is 8.27. The Morgan fingerprint density at radius 2 is 1.88 bits per heavy atom. The zero-order chi connectivity index (χ0) is 12.5. The van der Waals surface area contributed by atoms with Gasteiger partial charge in [0.25, 0.3) is 0 Å². The van der Waals surface area contributed by atoms with E-state index in [9.17, 15) is 5.11 Å². The molecule has 0 bridgehead atoms. The minimum Gasteiger partial charge on any atom is -0.395 e. The van der Waals surface area contributed by atoms with Gasteiger partial charge < -0.3 is 15.5 Å². The van der Waals surface area contributed by atoms with Crippen LogP contribution in [0.15, 0.2) is 42.5 Å². The van der Waals surface area contributed by atoms with Crippen LogP contribution in [0.1, 0.15) is 24.9 Å². The predicted molar refractivity (Wildman–Crippen MR) is 69.7 cm³/mol. The van der Waals surface area contributed by atoms with Gasteiger partial charge in [-0.25, -0.2) is 0 Å². The molecule has 0 spiro atoms. The van der Waals surface area contributed by atoms with Crippen LogP contribution < -0.4 is 5.32 Å². The summed E-state index contributed by atoms with van der Waals surface area (Å²) in [5.74, 6) is 0. The van der Waals surface area contributed by atoms with Crippen LogP contribution in [0.5, 0.6) is 0 Å². The van der Waals surface area contributed by atoms with Crippen molar-refractivity contribution in [2.24, 2.45) is 0 Å². The minimum atomic E-state index is 0.0213. The van der Waals surface area contributed by atoms with Crippen LogP contribution in [-0.2, 0) is 0 Å². The average Bonchev–Trinajstić information content (AvgIpc) is 2.38. The zero-order valence-corrected chi connectivity index (χ0v) is 10.2. The number of rotatable bonds is 7. The molecule has 0 radical (unpaired) electrons. The largest absolute Gasteiger partial charge is 0.395 e. The van der Waals surface area contributed by atoms with Gasteiger partial charge in [-0.3, -0.25) is 0 Å². The van der Waals surface area contributed by atoms with Crippen LogP contribution >= 0.6 is 0 Å². The molecule has 0 aliphatic heterocycles. The quantitative estimate of drug-likeness (QED) is 0.630. The normalized spacial score (nSPS) is 15.0. The Bertz CT molecular complexity index is 324. The molecule has 3 N–H and O–H groups in total. The molecule has 3 nitrogen and oxygen atoms in total. The fourth-order valence-corrected chi connectivity index (χ4v) is 1.72. The van der Waals surface area contributed by atoms with E-state index in [0.29, 0.717) is 6.42 Å². The number of hydrogen-bond donors (Lipinski definition) is 3. The topological polar surface area (TPSA) is 52.5 Å². The summed E-state index contributed by atoms with van der Waals surface area (Å²) in [6.45, 7) is 2.22. The summed E-state index contributed by atoms with van der Waals surface area (Å²) in [4.78, 5) is 0. The van der Waals surface area contributed by atoms with Gasteiger partial charge in [0.05, 0.1) is 13.2 Å². The molecular formula is C14H21NO2. The summed E-state index contributed by atoms with van der Waals surface area (Å²) < 4.78 is 0. The van der Waals surface area contributed by atoms with Gasteiger partial charge in [-0.2, -0.15) is 0 Å². The Balaban J connectivity index is 2.48. The molecule has 3 heteroatoms. The number of nitrogens with one attached hydrogen (secondary N) is 1. The fourth-order valence-electron chi connectivity index (χ4n) is 1.72. The Hall–Kier alpha value is -1.16. The molecule has 17 heavy (non-hydrogen) atoms. The number of aliphatic hydroxyl groups excluding tert-OH is 2. The predicted octanol–water partition coefficient (Wildman–Crippen LogP) is 1.64. The minimum absolute atomic E-state index is 0.0213. The van der Waals surface area contributed by atoms with Crippen LogP contribution in [0.2, 0.25) is 0 Å². The molecule has 2 unspecified atom stereocenters. The van der Waals surface area contributed by atoms with Crippen molar-refractivity contribution in [2.45, 2.75) is 25.4 Å². The molecule has 0 amide bonds. The van der Waals surface area contributed by atoms with Gasteiger partial charge in [-0.05, 0) is 18.9 Å². The summed E-state index contributed by atoms with van der Waals surface area (Å²) in [5.41, 5.74) is 1.21. The Kier molecular flexibility index (Phi) is 6.55. The van der Waals surface area contributed by atoms with E-state index in [1.54, 1.807) is 6.08 Å². The van der Waals surface area contributed by atoms with E-state index in [4.69, 9.17) is 5.11 Å². The zero-order valence-electron chi connectivity index (χ0n) is 10.2. The van der Waals surface area contributed by atoms with Crippen molar-refractivity contribution < 1.29 is 10.2 Å². The average molecular weight is 235 g/mol. The van der Waals surface area contributed by atoms with Crippen LogP contribution in [0.4, 0.5) is 0 Å². The smallest absolute Gasteiger partial charge is 0.0612 e. The first-order valence-electron chi connectivity index (χ1n) is 5.95. The summed E-state index contributed by atoms with van der Waals surface area (Å²) in [7, 11) is 0. The molecule has 2 atom stereocenters. The molecule has 0 aliphatic carbocycles. The van der Waals surface area contributed by atoms with E-state index < -0.39 is 0 Å². The summed E-state index contributed by atoms with van der Waals surface area (Å²) >= 11 is 0. The molecule has 0 fully saturated rings. The third-order valence-corrected chi connectivity index (χ3v) is 2.70. The molecule has 1 rings (SSSR count). The third-order valence-electron chi connectivity index (χ3n) is 2.70. The van der Waals surface area contributed by atoms with Gasteiger partial charge >= 0.3 is 0 Å². The molecule has 0 aromatic heterocycles. The standard InChI is InChI=1S/C14H21NO2/c1-12(13-7-3-2-4-8-13)15-14(11-17)9-5-6-10-16/h2-8,12,14-17H,9-11H2,1H3/b6-5-. The first-order valence-corrected chi connectivity index (χ1v) is 5.95. The third kappa shape index (κ3) is 5.13. The lowest BCUT2D eigenvalue weighted by atomic mass is 10.1. The van der Waals surface area contributed by atoms with E-state index >= 15 is 0 Å². The van der Waals surface area contributed by atoms with Crippen molar-refractivity contribution >= 4 is 0 Å². The lowest BCUT2D eigenvalue weighted by molar-refractivity contribution is 0.234. The highest BCUT2D eigenvalue weighted by atomic mass is 16.3. The van der Waals surface area contributed by atoms with Crippen LogP contribution in [0.3, 0.4) is 0 Å². The van der Waals surface area contributed by atoms with Crippen molar-refractivity contribution in [1.29, 1.82) is 0 Å². The maximum atomic E-state index is 9.26. The molecule has 0 saturated heterocycles. The van der Waals surface area contributed by atoms with E-state index in [2.05, 4.69) is 24.4 Å². The number of aliphatic hydroxyl groups is 2. The molecule has 1 aromatic carbocycles. The monoisotopic (exact) mass is 235 g/mol. The fraction of sp³-hybridized carbons (Fsp3) is 0.429. The van der Waals surface area contributed by atoms with Gasteiger partial charge in [0.2, 0.25) is 0 Å². The Morgan fingerprint density at radius 1 is 1.18 bits per heavy atom. The van der Waals surface area contributed by atoms with Crippen molar-refractivity contribution in [3.05, 3.63) is 48.0 Å². The molecule has 0 heterocycles. The molecule has 0 aliphatic rings. The second-order valence-corrected chi connectivity index (χ2v) is 4.07. The summed E-state index contributed by atoms with van der Waals surface area (Å²) in [6.07, 6.45) is 4.29. The van der Waals surface area contributed by atoms with Gasteiger partial charge in [0.15, 0.2) is 0 Å². The molecule has 0 saturated carbocycles. The maximum Gasteiger partial charge on any atom is 0.0612 e. The second kappa shape index (κ2) is 8.01. The molecule has 94 valence electrons. The first kappa shape index (κ1) is 13.9. The molecular weight excluding hydrogens is 214 g/mol. The van der Waals surface area contributed by atoms with E-state index in [1.807, 2.05) is 24.3 Å². The second-order valence-electron chi connectivity index (χ2n) is 4.07. The Labute approximate surface area is 103 Å². The SMILES string of the molecule is CC(NC(CO)C/C=C\CO)c1ccccc1. The van der Waals surface area contributed by atoms with Crippen molar-refractivity contribution in [3.8, 4) is 0 Å². The van der Waals surface area contributed by atoms with Gasteiger partial charge in [-0.1, -0.05) is 42.5 Å². The number of hydrogen-bond acceptors (Lipinski definition) is 3. The Morgan fingerprint density at radius 3 is 2.47 bits per heavy atom. The highest BCUT2D eigenvalue weighted by molar-refractivity contribution is 5.18. The maximum absolute atomic E-state index is 9.26. The van der Waals surface area contributed by atoms with E-state index in [-0.39, 0.29) is 25.3 Å². The highest BCUT2D eigenvalue weighted by Crippen LogP contribution is 2.12. The van der Waals surface area contributed by atoms with Gasteiger partial charge in [-0.15, -0.1) is 0 Å². The van der Waals surface area contributed by atoms with Gasteiger partial charge in [0, 0.05) is 12.1 Å². The van der Waals surface area contributed by atoms with Crippen molar-refractivity contribution in [1.82, 2.24) is 5.32 Å². The number of benzene rings is 1. The van der Waals surface area contributed by atoms with Crippen LogP contribution in [0.25, 0.3) is 0 Å². The summed E-state index contributed by atoms with van der Waals surface area (Å²) in [5, 5.41) is 21.3. The van der Waals surface area contributed by atoms with Gasteiger partial charge in [0.1, 0.15) is 0 Å².